The van der Waals surface area contributed by atoms with Crippen LogP contribution in [-0.4, -0.2) is 53.3 Å². The Labute approximate surface area is 214 Å². The third kappa shape index (κ3) is 3.00. The van der Waals surface area contributed by atoms with Crippen molar-refractivity contribution >= 4 is 23.2 Å². The van der Waals surface area contributed by atoms with Gasteiger partial charge < -0.3 is 9.47 Å². The molecule has 4 fully saturated rings. The Kier molecular flexibility index (Phi) is 5.18. The summed E-state index contributed by atoms with van der Waals surface area (Å²) in [5, 5.41) is 0. The van der Waals surface area contributed by atoms with Gasteiger partial charge in [-0.15, -0.1) is 0 Å². The molecular formula is C30H42NO5+. The highest BCUT2D eigenvalue weighted by molar-refractivity contribution is 6.01. The minimum atomic E-state index is -0.591. The van der Waals surface area contributed by atoms with Crippen molar-refractivity contribution < 1.29 is 28.4 Å². The molecule has 6 nitrogen and oxygen atoms in total. The Morgan fingerprint density at radius 2 is 1.94 bits per heavy atom. The van der Waals surface area contributed by atoms with Crippen LogP contribution in [0.1, 0.15) is 86.0 Å². The van der Waals surface area contributed by atoms with E-state index in [-0.39, 0.29) is 59.0 Å². The van der Waals surface area contributed by atoms with E-state index >= 15 is 0 Å². The number of fused-ring (bicyclic) bond motifs is 5. The minimum absolute atomic E-state index is 0.103. The molecule has 2 bridgehead atoms. The van der Waals surface area contributed by atoms with E-state index in [4.69, 9.17) is 9.47 Å². The lowest BCUT2D eigenvalue weighted by Gasteiger charge is -2.65. The Morgan fingerprint density at radius 3 is 2.67 bits per heavy atom. The number of rotatable bonds is 2. The van der Waals surface area contributed by atoms with Gasteiger partial charge in [-0.3, -0.25) is 14.4 Å². The zero-order chi connectivity index (χ0) is 25.8. The topological polar surface area (TPSA) is 72.7 Å². The molecule has 0 radical (unpaired) electrons. The number of hydrogen-bond acceptors (Lipinski definition) is 5. The summed E-state index contributed by atoms with van der Waals surface area (Å²) in [4.78, 5) is 40.2. The molecule has 0 unspecified atom stereocenters. The number of methoxy groups -OCH3 is 1. The Hall–Kier alpha value is -1.82. The summed E-state index contributed by atoms with van der Waals surface area (Å²) < 4.78 is 14.6. The second-order valence-electron chi connectivity index (χ2n) is 13.9. The molecule has 36 heavy (non-hydrogen) atoms. The van der Waals surface area contributed by atoms with E-state index in [0.29, 0.717) is 12.3 Å². The summed E-state index contributed by atoms with van der Waals surface area (Å²) in [7, 11) is 1.45. The number of esters is 1. The minimum Gasteiger partial charge on any atom is -0.469 e. The predicted molar refractivity (Wildman–Crippen MR) is 134 cm³/mol. The number of ketones is 2. The van der Waals surface area contributed by atoms with Crippen LogP contribution < -0.4 is 0 Å². The fraction of sp³-hybridized carbons (Fsp3) is 0.800. The third-order valence-electron chi connectivity index (χ3n) is 11.8. The van der Waals surface area contributed by atoms with Crippen LogP contribution in [0, 0.1) is 39.9 Å². The smallest absolute Gasteiger partial charge is 0.306 e. The average Bonchev–Trinajstić information content (AvgIpc) is 3.06. The first-order valence-corrected chi connectivity index (χ1v) is 14.0. The summed E-state index contributed by atoms with van der Waals surface area (Å²) in [6.45, 7) is 12.0. The van der Waals surface area contributed by atoms with Crippen LogP contribution in [0.5, 0.6) is 0 Å². The van der Waals surface area contributed by atoms with Crippen molar-refractivity contribution in [1.29, 1.82) is 0 Å². The van der Waals surface area contributed by atoms with Gasteiger partial charge in [-0.1, -0.05) is 26.3 Å². The number of carbonyl (C=O) groups excluding carboxylic acids is 3. The van der Waals surface area contributed by atoms with Gasteiger partial charge in [0, 0.05) is 42.9 Å². The van der Waals surface area contributed by atoms with Crippen molar-refractivity contribution in [2.24, 2.45) is 39.9 Å². The zero-order valence-corrected chi connectivity index (χ0v) is 22.8. The van der Waals surface area contributed by atoms with E-state index in [1.54, 1.807) is 6.08 Å². The normalized spacial score (nSPS) is 49.5. The molecule has 3 heterocycles. The van der Waals surface area contributed by atoms with Crippen molar-refractivity contribution in [3.63, 3.8) is 0 Å². The molecule has 2 saturated carbocycles. The van der Waals surface area contributed by atoms with Crippen LogP contribution in [0.25, 0.3) is 0 Å². The molecule has 1 spiro atoms. The van der Waals surface area contributed by atoms with Crippen LogP contribution in [0.3, 0.4) is 0 Å². The van der Waals surface area contributed by atoms with Gasteiger partial charge in [0.05, 0.1) is 18.9 Å². The molecule has 6 heteroatoms. The number of ether oxygens (including phenoxy) is 2. The molecule has 6 rings (SSSR count). The third-order valence-corrected chi connectivity index (χ3v) is 11.8. The van der Waals surface area contributed by atoms with Gasteiger partial charge in [-0.05, 0) is 56.4 Å². The number of hydrogen-bond donors (Lipinski definition) is 0. The lowest BCUT2D eigenvalue weighted by atomic mass is 9.36. The maximum Gasteiger partial charge on any atom is 0.306 e. The van der Waals surface area contributed by atoms with Gasteiger partial charge in [-0.25, -0.2) is 4.58 Å². The van der Waals surface area contributed by atoms with Crippen LogP contribution >= 0.6 is 0 Å². The van der Waals surface area contributed by atoms with Gasteiger partial charge >= 0.3 is 5.97 Å². The molecular weight excluding hydrogens is 454 g/mol. The predicted octanol–water partition coefficient (Wildman–Crippen LogP) is 4.48. The second kappa shape index (κ2) is 7.61. The van der Waals surface area contributed by atoms with E-state index in [1.165, 1.54) is 12.8 Å². The summed E-state index contributed by atoms with van der Waals surface area (Å²) in [6, 6.07) is 0. The zero-order valence-electron chi connectivity index (χ0n) is 22.8. The highest BCUT2D eigenvalue weighted by Crippen LogP contribution is 2.70. The number of Topliss-reactive ketones (excluding diaryl/α,β-unsaturated/α-hetero) is 1. The molecule has 0 aromatic rings. The fourth-order valence-electron chi connectivity index (χ4n) is 10.2. The maximum absolute atomic E-state index is 14.1. The molecule has 0 aromatic carbocycles. The van der Waals surface area contributed by atoms with Crippen LogP contribution in [0.2, 0.25) is 0 Å². The van der Waals surface area contributed by atoms with E-state index in [1.807, 2.05) is 6.92 Å². The summed E-state index contributed by atoms with van der Waals surface area (Å²) >= 11 is 0. The van der Waals surface area contributed by atoms with Gasteiger partial charge in [-0.2, -0.15) is 0 Å². The van der Waals surface area contributed by atoms with Crippen LogP contribution in [0.4, 0.5) is 0 Å². The molecule has 0 N–H and O–H groups in total. The number of carbonyl (C=O) groups is 3. The van der Waals surface area contributed by atoms with Crippen molar-refractivity contribution in [2.45, 2.75) is 97.8 Å². The Bertz CT molecular complexity index is 1120. The molecule has 3 aliphatic carbocycles. The molecule has 2 saturated heterocycles. The summed E-state index contributed by atoms with van der Waals surface area (Å²) in [6.07, 6.45) is 8.10. The lowest BCUT2D eigenvalue weighted by molar-refractivity contribution is -0.635. The quantitative estimate of drug-likeness (QED) is 0.416. The first kappa shape index (κ1) is 24.5. The highest BCUT2D eigenvalue weighted by atomic mass is 16.5. The SMILES string of the molecule is COC(=O)C[C@@]1(C)[C@H]2C(=O)C[C@@H]3C(=O)C=C(C)C[C@H]3[C@]2(C)CC2=[N+]3C[C@H]4C[C@H](C)C[C@]3(CC[C@]21C)O4. The van der Waals surface area contributed by atoms with E-state index in [0.717, 1.165) is 50.6 Å². The molecule has 0 amide bonds. The molecule has 9 atom stereocenters. The number of allylic oxidation sites excluding steroid dienone is 2. The Balaban J connectivity index is 1.57. The van der Waals surface area contributed by atoms with Crippen molar-refractivity contribution in [3.05, 3.63) is 11.6 Å². The highest BCUT2D eigenvalue weighted by Gasteiger charge is 2.74. The van der Waals surface area contributed by atoms with Crippen LogP contribution in [-0.2, 0) is 23.9 Å². The van der Waals surface area contributed by atoms with E-state index in [2.05, 4.69) is 32.3 Å². The largest absolute Gasteiger partial charge is 0.469 e. The van der Waals surface area contributed by atoms with Gasteiger partial charge in [0.2, 0.25) is 0 Å². The van der Waals surface area contributed by atoms with Gasteiger partial charge in [0.25, 0.3) is 5.72 Å². The van der Waals surface area contributed by atoms with E-state index in [9.17, 15) is 14.4 Å². The first-order chi connectivity index (χ1) is 16.9. The van der Waals surface area contributed by atoms with Crippen molar-refractivity contribution in [1.82, 2.24) is 0 Å². The van der Waals surface area contributed by atoms with Gasteiger partial charge in [0.15, 0.2) is 18.0 Å². The molecule has 0 aromatic heterocycles. The molecule has 3 aliphatic heterocycles. The van der Waals surface area contributed by atoms with Crippen molar-refractivity contribution in [3.8, 4) is 0 Å². The molecule has 196 valence electrons. The Morgan fingerprint density at radius 1 is 1.19 bits per heavy atom. The average molecular weight is 497 g/mol. The van der Waals surface area contributed by atoms with Gasteiger partial charge in [0.1, 0.15) is 11.9 Å². The van der Waals surface area contributed by atoms with E-state index < -0.39 is 10.8 Å². The second-order valence-corrected chi connectivity index (χ2v) is 13.9. The summed E-state index contributed by atoms with van der Waals surface area (Å²) in [5.41, 5.74) is 0.910. The van der Waals surface area contributed by atoms with Crippen molar-refractivity contribution in [2.75, 3.05) is 13.7 Å². The lowest BCUT2D eigenvalue weighted by Crippen LogP contribution is -2.70. The monoisotopic (exact) mass is 496 g/mol. The summed E-state index contributed by atoms with van der Waals surface area (Å²) in [5.74, 6) is 0.215. The number of nitrogens with zero attached hydrogens (tertiary/aromatic N) is 1. The first-order valence-electron chi connectivity index (χ1n) is 14.0. The maximum atomic E-state index is 14.1. The van der Waals surface area contributed by atoms with Crippen LogP contribution in [0.15, 0.2) is 11.6 Å². The standard InChI is InChI=1S/C30H42NO5/c1-17-10-21-20(22(32)11-17)12-23(33)26-27(21,3)14-24-28(4,29(26,5)15-25(34)35-6)7-8-30-13-18(2)9-19(36-30)16-31(24)30/h11,18-21,26H,7-10,12-16H2,1-6H3/q+1/t18-,19+,20-,21+,26-,27-,28+,29-,30-/m0/s1. The molecule has 6 aliphatic rings. The fourth-order valence-corrected chi connectivity index (χ4v) is 10.2.